The predicted octanol–water partition coefficient (Wildman–Crippen LogP) is 4.62. The molecule has 1 saturated heterocycles. The van der Waals surface area contributed by atoms with Crippen LogP contribution in [0.1, 0.15) is 5.56 Å². The van der Waals surface area contributed by atoms with Gasteiger partial charge >= 0.3 is 6.36 Å². The van der Waals surface area contributed by atoms with Crippen LogP contribution in [0, 0.1) is 11.3 Å². The third-order valence-electron chi connectivity index (χ3n) is 4.37. The Balaban J connectivity index is 1.88. The van der Waals surface area contributed by atoms with E-state index >= 15 is 0 Å². The Labute approximate surface area is 181 Å². The number of anilines is 2. The number of benzene rings is 2. The molecule has 0 aromatic heterocycles. The van der Waals surface area contributed by atoms with Crippen molar-refractivity contribution in [2.75, 3.05) is 36.5 Å². The van der Waals surface area contributed by atoms with Gasteiger partial charge in [-0.1, -0.05) is 29.8 Å². The lowest BCUT2D eigenvalue weighted by molar-refractivity contribution is -0.274. The second kappa shape index (κ2) is 9.73. The molecule has 2 aromatic carbocycles. The normalized spacial score (nSPS) is 14.7. The summed E-state index contributed by atoms with van der Waals surface area (Å²) in [6.07, 6.45) is -3.87. The van der Waals surface area contributed by atoms with E-state index in [4.69, 9.17) is 16.3 Å². The van der Waals surface area contributed by atoms with E-state index in [9.17, 15) is 23.2 Å². The first kappa shape index (κ1) is 22.5. The van der Waals surface area contributed by atoms with Crippen LogP contribution in [0.25, 0.3) is 6.08 Å². The zero-order chi connectivity index (χ0) is 22.4. The van der Waals surface area contributed by atoms with Crippen LogP contribution in [0.2, 0.25) is 5.02 Å². The number of hydrogen-bond donors (Lipinski definition) is 1. The highest BCUT2D eigenvalue weighted by molar-refractivity contribution is 6.31. The number of nitrogens with zero attached hydrogens (tertiary/aromatic N) is 2. The van der Waals surface area contributed by atoms with Gasteiger partial charge in [0.25, 0.3) is 5.91 Å². The topological polar surface area (TPSA) is 74.6 Å². The van der Waals surface area contributed by atoms with E-state index in [0.717, 1.165) is 12.1 Å². The van der Waals surface area contributed by atoms with Gasteiger partial charge in [0.15, 0.2) is 0 Å². The molecule has 0 aliphatic carbocycles. The molecule has 0 saturated carbocycles. The maximum Gasteiger partial charge on any atom is 0.573 e. The number of amides is 1. The molecular weight excluding hydrogens is 435 g/mol. The molecule has 1 heterocycles. The quantitative estimate of drug-likeness (QED) is 0.530. The summed E-state index contributed by atoms with van der Waals surface area (Å²) in [7, 11) is 0. The van der Waals surface area contributed by atoms with E-state index in [1.165, 1.54) is 18.2 Å². The average molecular weight is 452 g/mol. The summed E-state index contributed by atoms with van der Waals surface area (Å²) in [5.74, 6) is -1.31. The molecule has 162 valence electrons. The Morgan fingerprint density at radius 2 is 1.94 bits per heavy atom. The third-order valence-corrected chi connectivity index (χ3v) is 4.60. The van der Waals surface area contributed by atoms with E-state index < -0.39 is 23.6 Å². The van der Waals surface area contributed by atoms with Crippen molar-refractivity contribution in [2.45, 2.75) is 6.36 Å². The highest BCUT2D eigenvalue weighted by atomic mass is 35.5. The van der Waals surface area contributed by atoms with Gasteiger partial charge in [0.05, 0.1) is 24.6 Å². The van der Waals surface area contributed by atoms with Crippen LogP contribution in [0.15, 0.2) is 48.0 Å². The highest BCUT2D eigenvalue weighted by Gasteiger charge is 2.32. The first-order valence-corrected chi connectivity index (χ1v) is 9.55. The van der Waals surface area contributed by atoms with Gasteiger partial charge in [0.1, 0.15) is 17.4 Å². The Morgan fingerprint density at radius 3 is 2.61 bits per heavy atom. The van der Waals surface area contributed by atoms with Gasteiger partial charge in [-0.15, -0.1) is 13.2 Å². The monoisotopic (exact) mass is 451 g/mol. The second-order valence-electron chi connectivity index (χ2n) is 6.47. The summed E-state index contributed by atoms with van der Waals surface area (Å²) < 4.78 is 47.2. The average Bonchev–Trinajstić information content (AvgIpc) is 2.72. The van der Waals surface area contributed by atoms with Crippen molar-refractivity contribution in [1.29, 1.82) is 5.26 Å². The van der Waals surface area contributed by atoms with Gasteiger partial charge < -0.3 is 19.7 Å². The van der Waals surface area contributed by atoms with Crippen LogP contribution < -0.4 is 15.0 Å². The van der Waals surface area contributed by atoms with Gasteiger partial charge in [-0.2, -0.15) is 5.26 Å². The summed E-state index contributed by atoms with van der Waals surface area (Å²) >= 11 is 6.07. The molecule has 0 spiro atoms. The fourth-order valence-electron chi connectivity index (χ4n) is 3.00. The SMILES string of the molecule is N#C/C(=C\c1ccccc1OC(F)(F)F)C(=O)Nc1cc(Cl)ccc1N1CCOCC1. The number of carbonyl (C=O) groups is 1. The molecule has 0 radical (unpaired) electrons. The Kier molecular flexibility index (Phi) is 7.05. The Bertz CT molecular complexity index is 1030. The van der Waals surface area contributed by atoms with Gasteiger partial charge in [0, 0.05) is 23.7 Å². The summed E-state index contributed by atoms with van der Waals surface area (Å²) in [5, 5.41) is 12.4. The van der Waals surface area contributed by atoms with Crippen LogP contribution in [-0.4, -0.2) is 38.6 Å². The van der Waals surface area contributed by atoms with Crippen molar-refractivity contribution >= 4 is 35.0 Å². The zero-order valence-electron chi connectivity index (χ0n) is 16.1. The van der Waals surface area contributed by atoms with Crippen molar-refractivity contribution in [3.8, 4) is 11.8 Å². The van der Waals surface area contributed by atoms with Crippen LogP contribution in [0.4, 0.5) is 24.5 Å². The molecule has 10 heteroatoms. The van der Waals surface area contributed by atoms with Gasteiger partial charge in [-0.25, -0.2) is 0 Å². The van der Waals surface area contributed by atoms with Crippen molar-refractivity contribution in [3.05, 3.63) is 58.6 Å². The number of nitriles is 1. The van der Waals surface area contributed by atoms with Gasteiger partial charge in [0.2, 0.25) is 0 Å². The largest absolute Gasteiger partial charge is 0.573 e. The molecule has 3 rings (SSSR count). The molecule has 6 nitrogen and oxygen atoms in total. The van der Waals surface area contributed by atoms with Crippen molar-refractivity contribution in [1.82, 2.24) is 0 Å². The van der Waals surface area contributed by atoms with Crippen molar-refractivity contribution in [2.24, 2.45) is 0 Å². The number of halogens is 4. The molecule has 1 aliphatic heterocycles. The maximum absolute atomic E-state index is 12.7. The fraction of sp³-hybridized carbons (Fsp3) is 0.238. The summed E-state index contributed by atoms with van der Waals surface area (Å²) in [5.41, 5.74) is 0.608. The molecule has 1 N–H and O–H groups in total. The van der Waals surface area contributed by atoms with Crippen molar-refractivity contribution in [3.63, 3.8) is 0 Å². The number of nitrogens with one attached hydrogen (secondary N) is 1. The second-order valence-corrected chi connectivity index (χ2v) is 6.91. The molecule has 2 aromatic rings. The molecule has 1 amide bonds. The van der Waals surface area contributed by atoms with Gasteiger partial charge in [-0.3, -0.25) is 4.79 Å². The Morgan fingerprint density at radius 1 is 1.23 bits per heavy atom. The summed E-state index contributed by atoms with van der Waals surface area (Å²) in [4.78, 5) is 14.7. The first-order chi connectivity index (χ1) is 14.8. The van der Waals surface area contributed by atoms with Gasteiger partial charge in [-0.05, 0) is 30.3 Å². The third kappa shape index (κ3) is 6.13. The zero-order valence-corrected chi connectivity index (χ0v) is 16.8. The molecule has 0 bridgehead atoms. The number of carbonyl (C=O) groups excluding carboxylic acids is 1. The maximum atomic E-state index is 12.7. The predicted molar refractivity (Wildman–Crippen MR) is 110 cm³/mol. The smallest absolute Gasteiger partial charge is 0.405 e. The summed E-state index contributed by atoms with van der Waals surface area (Å²) in [6, 6.07) is 11.9. The van der Waals surface area contributed by atoms with Crippen LogP contribution in [0.5, 0.6) is 5.75 Å². The Hall–Kier alpha value is -3.22. The fourth-order valence-corrected chi connectivity index (χ4v) is 3.17. The highest BCUT2D eigenvalue weighted by Crippen LogP contribution is 2.31. The minimum atomic E-state index is -4.91. The summed E-state index contributed by atoms with van der Waals surface area (Å²) in [6.45, 7) is 2.26. The molecule has 1 aliphatic rings. The molecule has 0 unspecified atom stereocenters. The molecular formula is C21H17ClF3N3O3. The number of rotatable bonds is 5. The molecule has 1 fully saturated rings. The van der Waals surface area contributed by atoms with E-state index in [2.05, 4.69) is 10.1 Å². The number of morpholine rings is 1. The van der Waals surface area contributed by atoms with E-state index in [-0.39, 0.29) is 5.56 Å². The first-order valence-electron chi connectivity index (χ1n) is 9.17. The van der Waals surface area contributed by atoms with Crippen molar-refractivity contribution < 1.29 is 27.4 Å². The van der Waals surface area contributed by atoms with Crippen LogP contribution in [0.3, 0.4) is 0 Å². The molecule has 31 heavy (non-hydrogen) atoms. The van der Waals surface area contributed by atoms with E-state index in [0.29, 0.717) is 42.7 Å². The number of hydrogen-bond acceptors (Lipinski definition) is 5. The van der Waals surface area contributed by atoms with Crippen LogP contribution >= 0.6 is 11.6 Å². The number of ether oxygens (including phenoxy) is 2. The van der Waals surface area contributed by atoms with Crippen LogP contribution in [-0.2, 0) is 9.53 Å². The van der Waals surface area contributed by atoms with E-state index in [1.807, 2.05) is 4.90 Å². The standard InChI is InChI=1S/C21H17ClF3N3O3/c22-16-5-6-18(28-7-9-30-10-8-28)17(12-16)27-20(29)15(13-26)11-14-3-1-2-4-19(14)31-21(23,24)25/h1-6,11-12H,7-10H2,(H,27,29)/b15-11+. The lowest BCUT2D eigenvalue weighted by atomic mass is 10.1. The molecule has 0 atom stereocenters. The lowest BCUT2D eigenvalue weighted by Crippen LogP contribution is -2.36. The minimum Gasteiger partial charge on any atom is -0.405 e. The van der Waals surface area contributed by atoms with E-state index in [1.54, 1.807) is 24.3 Å². The number of alkyl halides is 3. The minimum absolute atomic E-state index is 0.0639. The number of para-hydroxylation sites is 1. The lowest BCUT2D eigenvalue weighted by Gasteiger charge is -2.30.